The summed E-state index contributed by atoms with van der Waals surface area (Å²) in [5.41, 5.74) is 5.42. The molecule has 6 nitrogen and oxygen atoms in total. The normalized spacial score (nSPS) is 12.6. The second kappa shape index (κ2) is 4.95. The third kappa shape index (κ3) is 2.94. The Hall–Kier alpha value is -1.60. The minimum Gasteiger partial charge on any atom is -0.508 e. The van der Waals surface area contributed by atoms with Crippen LogP contribution in [0, 0.1) is 0 Å². The number of carbonyl (C=O) groups is 1. The van der Waals surface area contributed by atoms with Gasteiger partial charge in [0.05, 0.1) is 0 Å². The van der Waals surface area contributed by atoms with Crippen LogP contribution in [-0.2, 0) is 15.2 Å². The second-order valence-electron chi connectivity index (χ2n) is 3.11. The molecule has 0 aliphatic rings. The zero-order valence-corrected chi connectivity index (χ0v) is 9.31. The van der Waals surface area contributed by atoms with Crippen LogP contribution in [0.5, 0.6) is 5.75 Å². The third-order valence-electron chi connectivity index (χ3n) is 2.00. The van der Waals surface area contributed by atoms with Crippen molar-refractivity contribution in [2.75, 3.05) is 0 Å². The first kappa shape index (κ1) is 12.5. The fourth-order valence-electron chi connectivity index (χ4n) is 1.23. The topological polar surface area (TPSA) is 107 Å². The molecule has 0 bridgehead atoms. The summed E-state index contributed by atoms with van der Waals surface area (Å²) in [6, 6.07) is 3.93. The minimum atomic E-state index is -3.00. The van der Waals surface area contributed by atoms with Crippen LogP contribution in [0.2, 0.25) is 0 Å². The molecular formula is C9H11NO5S. The Kier molecular flexibility index (Phi) is 3.86. The van der Waals surface area contributed by atoms with Crippen LogP contribution in [0.15, 0.2) is 18.2 Å². The number of hydrogen-bond acceptors (Lipinski definition) is 5. The third-order valence-corrected chi connectivity index (χ3v) is 2.49. The quantitative estimate of drug-likeness (QED) is 0.652. The van der Waals surface area contributed by atoms with Crippen molar-refractivity contribution in [3.8, 4) is 5.75 Å². The van der Waals surface area contributed by atoms with E-state index in [1.165, 1.54) is 19.1 Å². The van der Waals surface area contributed by atoms with Gasteiger partial charge in [0.25, 0.3) is 11.0 Å². The first-order chi connectivity index (χ1) is 7.41. The molecule has 1 rings (SSSR count). The molecule has 7 heteroatoms. The molecule has 0 heterocycles. The Labute approximate surface area is 93.8 Å². The van der Waals surface area contributed by atoms with Crippen molar-refractivity contribution in [2.45, 2.75) is 13.0 Å². The number of rotatable bonds is 4. The van der Waals surface area contributed by atoms with Crippen LogP contribution in [0.4, 0.5) is 0 Å². The Bertz CT molecular complexity index is 475. The van der Waals surface area contributed by atoms with E-state index in [1.54, 1.807) is 0 Å². The van der Waals surface area contributed by atoms with Gasteiger partial charge in [-0.05, 0) is 19.1 Å². The van der Waals surface area contributed by atoms with Gasteiger partial charge in [0.1, 0.15) is 11.9 Å². The minimum absolute atomic E-state index is 0.139. The number of primary amides is 1. The van der Waals surface area contributed by atoms with Gasteiger partial charge in [-0.1, -0.05) is 6.07 Å². The van der Waals surface area contributed by atoms with E-state index in [2.05, 4.69) is 4.18 Å². The van der Waals surface area contributed by atoms with Gasteiger partial charge < -0.3 is 10.8 Å². The Morgan fingerprint density at radius 3 is 2.56 bits per heavy atom. The molecule has 16 heavy (non-hydrogen) atoms. The molecular weight excluding hydrogens is 234 g/mol. The lowest BCUT2D eigenvalue weighted by atomic mass is 10.1. The molecule has 88 valence electrons. The molecule has 3 N–H and O–H groups in total. The SMILES string of the molecule is CC(O[SH](=O)=O)c1ccc(C(N)=O)cc1O. The first-order valence-corrected chi connectivity index (χ1v) is 5.45. The number of amides is 1. The van der Waals surface area contributed by atoms with E-state index in [9.17, 15) is 18.3 Å². The van der Waals surface area contributed by atoms with Crippen molar-refractivity contribution >= 4 is 16.9 Å². The van der Waals surface area contributed by atoms with E-state index in [0.29, 0.717) is 0 Å². The van der Waals surface area contributed by atoms with Crippen molar-refractivity contribution in [2.24, 2.45) is 5.73 Å². The smallest absolute Gasteiger partial charge is 0.257 e. The highest BCUT2D eigenvalue weighted by Crippen LogP contribution is 2.27. The number of phenols is 1. The van der Waals surface area contributed by atoms with Crippen molar-refractivity contribution in [3.05, 3.63) is 29.3 Å². The fourth-order valence-corrected chi connectivity index (χ4v) is 1.60. The average molecular weight is 245 g/mol. The number of hydrogen-bond donors (Lipinski definition) is 3. The number of thiol groups is 1. The monoisotopic (exact) mass is 245 g/mol. The van der Waals surface area contributed by atoms with Gasteiger partial charge in [-0.2, -0.15) is 0 Å². The summed E-state index contributed by atoms with van der Waals surface area (Å²) in [6.07, 6.45) is -0.817. The fraction of sp³-hybridized carbons (Fsp3) is 0.222. The van der Waals surface area contributed by atoms with E-state index in [-0.39, 0.29) is 16.9 Å². The van der Waals surface area contributed by atoms with Crippen molar-refractivity contribution in [1.29, 1.82) is 0 Å². The molecule has 1 aromatic rings. The number of carbonyl (C=O) groups excluding carboxylic acids is 1. The maximum absolute atomic E-state index is 10.8. The van der Waals surface area contributed by atoms with Crippen LogP contribution in [0.3, 0.4) is 0 Å². The molecule has 1 amide bonds. The lowest BCUT2D eigenvalue weighted by Crippen LogP contribution is -2.11. The molecule has 0 aliphatic carbocycles. The number of phenolic OH excluding ortho intramolecular Hbond substituents is 1. The van der Waals surface area contributed by atoms with E-state index in [4.69, 9.17) is 5.73 Å². The Balaban J connectivity index is 3.03. The summed E-state index contributed by atoms with van der Waals surface area (Å²) in [5.74, 6) is -0.911. The number of nitrogens with two attached hydrogens (primary N) is 1. The summed E-state index contributed by atoms with van der Waals surface area (Å²) < 4.78 is 25.2. The van der Waals surface area contributed by atoms with E-state index in [0.717, 1.165) is 6.07 Å². The highest BCUT2D eigenvalue weighted by molar-refractivity contribution is 7.67. The van der Waals surface area contributed by atoms with Gasteiger partial charge in [0.15, 0.2) is 0 Å². The van der Waals surface area contributed by atoms with E-state index >= 15 is 0 Å². The standard InChI is InChI=1S/C9H11NO5S/c1-5(15-16(13)14)7-3-2-6(9(10)12)4-8(7)11/h2-5,11,16H,1H3,(H2,10,12). The summed E-state index contributed by atoms with van der Waals surface area (Å²) in [6.45, 7) is 1.46. The maximum Gasteiger partial charge on any atom is 0.257 e. The molecule has 0 saturated carbocycles. The van der Waals surface area contributed by atoms with Crippen LogP contribution >= 0.6 is 0 Å². The molecule has 0 radical (unpaired) electrons. The highest BCUT2D eigenvalue weighted by atomic mass is 32.2. The highest BCUT2D eigenvalue weighted by Gasteiger charge is 2.13. The molecule has 1 atom stereocenters. The van der Waals surface area contributed by atoms with E-state index < -0.39 is 23.0 Å². The van der Waals surface area contributed by atoms with E-state index in [1.807, 2.05) is 0 Å². The zero-order valence-electron chi connectivity index (χ0n) is 8.41. The Morgan fingerprint density at radius 1 is 1.50 bits per heavy atom. The molecule has 0 spiro atoms. The van der Waals surface area contributed by atoms with Gasteiger partial charge in [0.2, 0.25) is 5.91 Å². The largest absolute Gasteiger partial charge is 0.508 e. The summed E-state index contributed by atoms with van der Waals surface area (Å²) in [5, 5.41) is 9.54. The van der Waals surface area contributed by atoms with Crippen molar-refractivity contribution in [1.82, 2.24) is 0 Å². The lowest BCUT2D eigenvalue weighted by molar-refractivity contribution is 0.0999. The second-order valence-corrected chi connectivity index (χ2v) is 3.77. The summed E-state index contributed by atoms with van der Waals surface area (Å²) >= 11 is 0. The first-order valence-electron chi connectivity index (χ1n) is 4.35. The van der Waals surface area contributed by atoms with Crippen molar-refractivity contribution in [3.63, 3.8) is 0 Å². The maximum atomic E-state index is 10.8. The summed E-state index contributed by atoms with van der Waals surface area (Å²) in [7, 11) is -3.00. The van der Waals surface area contributed by atoms with Crippen LogP contribution in [0.25, 0.3) is 0 Å². The van der Waals surface area contributed by atoms with Gasteiger partial charge >= 0.3 is 0 Å². The molecule has 0 fully saturated rings. The molecule has 0 saturated heterocycles. The molecule has 1 aromatic carbocycles. The zero-order chi connectivity index (χ0) is 12.3. The molecule has 1 unspecified atom stereocenters. The van der Waals surface area contributed by atoms with Crippen molar-refractivity contribution < 1.29 is 22.5 Å². The van der Waals surface area contributed by atoms with Gasteiger partial charge in [-0.25, -0.2) is 8.42 Å². The summed E-state index contributed by atoms with van der Waals surface area (Å²) in [4.78, 5) is 10.8. The number of benzene rings is 1. The van der Waals surface area contributed by atoms with Gasteiger partial charge in [-0.3, -0.25) is 8.98 Å². The Morgan fingerprint density at radius 2 is 2.12 bits per heavy atom. The predicted octanol–water partition coefficient (Wildman–Crippen LogP) is 0.0951. The van der Waals surface area contributed by atoms with Crippen LogP contribution < -0.4 is 5.73 Å². The van der Waals surface area contributed by atoms with Gasteiger partial charge in [0, 0.05) is 11.1 Å². The van der Waals surface area contributed by atoms with Crippen LogP contribution in [0.1, 0.15) is 28.9 Å². The number of aromatic hydroxyl groups is 1. The average Bonchev–Trinajstić information content (AvgIpc) is 2.15. The predicted molar refractivity (Wildman–Crippen MR) is 56.4 cm³/mol. The van der Waals surface area contributed by atoms with Gasteiger partial charge in [-0.15, -0.1) is 0 Å². The van der Waals surface area contributed by atoms with Crippen LogP contribution in [-0.4, -0.2) is 19.4 Å². The molecule has 0 aromatic heterocycles. The lowest BCUT2D eigenvalue weighted by Gasteiger charge is -2.10. The molecule has 0 aliphatic heterocycles.